The Kier molecular flexibility index (Phi) is 5.09. The van der Waals surface area contributed by atoms with Gasteiger partial charge in [-0.05, 0) is 51.1 Å². The maximum atomic E-state index is 3.44. The van der Waals surface area contributed by atoms with Gasteiger partial charge in [0.25, 0.3) is 0 Å². The second kappa shape index (κ2) is 6.24. The van der Waals surface area contributed by atoms with Crippen LogP contribution in [0.5, 0.6) is 0 Å². The molecule has 1 aliphatic carbocycles. The van der Waals surface area contributed by atoms with E-state index < -0.39 is 0 Å². The molecule has 1 aliphatic rings. The summed E-state index contributed by atoms with van der Waals surface area (Å²) in [6, 6.07) is 0. The third kappa shape index (κ3) is 3.91. The monoisotopic (exact) mass is 167 g/mol. The van der Waals surface area contributed by atoms with E-state index in [1.165, 1.54) is 38.6 Å². The van der Waals surface area contributed by atoms with Crippen molar-refractivity contribution in [3.05, 3.63) is 12.2 Å². The van der Waals surface area contributed by atoms with Crippen molar-refractivity contribution in [2.24, 2.45) is 5.92 Å². The third-order valence-electron chi connectivity index (χ3n) is 2.57. The lowest BCUT2D eigenvalue weighted by Gasteiger charge is -2.17. The zero-order valence-electron chi connectivity index (χ0n) is 8.18. The molecule has 0 saturated carbocycles. The lowest BCUT2D eigenvalue weighted by molar-refractivity contribution is 0.411. The molecule has 0 aliphatic heterocycles. The maximum Gasteiger partial charge on any atom is -0.00205 e. The van der Waals surface area contributed by atoms with Gasteiger partial charge in [-0.1, -0.05) is 19.1 Å². The third-order valence-corrected chi connectivity index (χ3v) is 2.57. The topological polar surface area (TPSA) is 12.0 Å². The lowest BCUT2D eigenvalue weighted by Crippen LogP contribution is -2.22. The Morgan fingerprint density at radius 2 is 2.08 bits per heavy atom. The summed E-state index contributed by atoms with van der Waals surface area (Å²) in [5.41, 5.74) is 0. The van der Waals surface area contributed by atoms with E-state index in [2.05, 4.69) is 24.4 Å². The molecule has 1 heteroatoms. The van der Waals surface area contributed by atoms with Crippen LogP contribution in [0, 0.1) is 5.92 Å². The van der Waals surface area contributed by atoms with Gasteiger partial charge in [0.05, 0.1) is 0 Å². The molecule has 0 saturated heterocycles. The van der Waals surface area contributed by atoms with E-state index in [-0.39, 0.29) is 0 Å². The van der Waals surface area contributed by atoms with Crippen LogP contribution in [0.2, 0.25) is 0 Å². The van der Waals surface area contributed by atoms with Crippen LogP contribution >= 0.6 is 0 Å². The highest BCUT2D eigenvalue weighted by atomic mass is 14.8. The zero-order chi connectivity index (χ0) is 8.65. The minimum atomic E-state index is 0.926. The quantitative estimate of drug-likeness (QED) is 0.637. The van der Waals surface area contributed by atoms with E-state index in [0.29, 0.717) is 0 Å². The van der Waals surface area contributed by atoms with Crippen molar-refractivity contribution in [3.8, 4) is 0 Å². The summed E-state index contributed by atoms with van der Waals surface area (Å²) in [7, 11) is 0. The van der Waals surface area contributed by atoms with Gasteiger partial charge in [-0.3, -0.25) is 0 Å². The molecule has 0 radical (unpaired) electrons. The Bertz CT molecular complexity index is 129. The Hall–Kier alpha value is -0.300. The molecule has 0 aromatic heterocycles. The number of nitrogens with one attached hydrogen (secondary N) is 1. The van der Waals surface area contributed by atoms with Gasteiger partial charge in [-0.15, -0.1) is 0 Å². The van der Waals surface area contributed by atoms with E-state index in [0.717, 1.165) is 12.5 Å². The Balaban J connectivity index is 2.18. The molecule has 12 heavy (non-hydrogen) atoms. The van der Waals surface area contributed by atoms with E-state index in [4.69, 9.17) is 0 Å². The molecular weight excluding hydrogens is 146 g/mol. The van der Waals surface area contributed by atoms with Crippen molar-refractivity contribution in [1.29, 1.82) is 0 Å². The number of allylic oxidation sites excluding steroid dienone is 2. The fraction of sp³-hybridized carbons (Fsp3) is 0.818. The Morgan fingerprint density at radius 1 is 1.25 bits per heavy atom. The first-order chi connectivity index (χ1) is 5.93. The van der Waals surface area contributed by atoms with Crippen molar-refractivity contribution in [1.82, 2.24) is 5.32 Å². The second-order valence-electron chi connectivity index (χ2n) is 3.65. The largest absolute Gasteiger partial charge is 0.317 e. The second-order valence-corrected chi connectivity index (χ2v) is 3.65. The van der Waals surface area contributed by atoms with Crippen LogP contribution in [0.1, 0.15) is 39.0 Å². The van der Waals surface area contributed by atoms with Crippen molar-refractivity contribution in [2.45, 2.75) is 39.0 Å². The minimum absolute atomic E-state index is 0.926. The van der Waals surface area contributed by atoms with E-state index in [1.54, 1.807) is 0 Å². The van der Waals surface area contributed by atoms with Gasteiger partial charge in [0.1, 0.15) is 0 Å². The smallest absolute Gasteiger partial charge is 0.00205 e. The summed E-state index contributed by atoms with van der Waals surface area (Å²) in [4.78, 5) is 0. The summed E-state index contributed by atoms with van der Waals surface area (Å²) in [6.07, 6.45) is 11.4. The maximum absolute atomic E-state index is 3.44. The number of hydrogen-bond donors (Lipinski definition) is 1. The minimum Gasteiger partial charge on any atom is -0.317 e. The van der Waals surface area contributed by atoms with E-state index >= 15 is 0 Å². The van der Waals surface area contributed by atoms with Gasteiger partial charge in [-0.25, -0.2) is 0 Å². The summed E-state index contributed by atoms with van der Waals surface area (Å²) in [6.45, 7) is 4.53. The van der Waals surface area contributed by atoms with Crippen LogP contribution < -0.4 is 5.32 Å². The van der Waals surface area contributed by atoms with Gasteiger partial charge in [0, 0.05) is 0 Å². The van der Waals surface area contributed by atoms with Crippen LogP contribution in [0.25, 0.3) is 0 Å². The van der Waals surface area contributed by atoms with Gasteiger partial charge in [0.15, 0.2) is 0 Å². The van der Waals surface area contributed by atoms with Gasteiger partial charge in [0.2, 0.25) is 0 Å². The molecule has 1 rings (SSSR count). The van der Waals surface area contributed by atoms with Crippen molar-refractivity contribution in [3.63, 3.8) is 0 Å². The first-order valence-corrected chi connectivity index (χ1v) is 5.29. The summed E-state index contributed by atoms with van der Waals surface area (Å²) in [5, 5.41) is 3.44. The molecule has 70 valence electrons. The molecule has 0 bridgehead atoms. The van der Waals surface area contributed by atoms with Gasteiger partial charge >= 0.3 is 0 Å². The van der Waals surface area contributed by atoms with Crippen LogP contribution in [0.15, 0.2) is 12.2 Å². The van der Waals surface area contributed by atoms with E-state index in [9.17, 15) is 0 Å². The highest BCUT2D eigenvalue weighted by Gasteiger charge is 2.07. The number of rotatable bonds is 3. The highest BCUT2D eigenvalue weighted by molar-refractivity contribution is 4.85. The molecule has 0 fully saturated rings. The molecular formula is C11H21N. The molecule has 0 spiro atoms. The molecule has 1 N–H and O–H groups in total. The van der Waals surface area contributed by atoms with Gasteiger partial charge < -0.3 is 5.32 Å². The molecule has 0 heterocycles. The number of hydrogen-bond acceptors (Lipinski definition) is 1. The van der Waals surface area contributed by atoms with Crippen LogP contribution in [-0.2, 0) is 0 Å². The first-order valence-electron chi connectivity index (χ1n) is 5.29. The van der Waals surface area contributed by atoms with Gasteiger partial charge in [-0.2, -0.15) is 0 Å². The predicted molar refractivity (Wildman–Crippen MR) is 54.3 cm³/mol. The van der Waals surface area contributed by atoms with Crippen molar-refractivity contribution in [2.75, 3.05) is 13.1 Å². The average molecular weight is 167 g/mol. The van der Waals surface area contributed by atoms with Crippen LogP contribution in [0.3, 0.4) is 0 Å². The summed E-state index contributed by atoms with van der Waals surface area (Å²) >= 11 is 0. The standard InChI is InChI=1S/C11H21N/c1-2-12-10-11-8-6-4-3-5-7-9-11/h3-4,11-12H,2,5-10H2,1H3/b4-3-. The normalized spacial score (nSPS) is 27.6. The first kappa shape index (κ1) is 9.79. The fourth-order valence-corrected chi connectivity index (χ4v) is 1.79. The molecule has 0 aromatic rings. The Labute approximate surface area is 76.2 Å². The molecule has 1 unspecified atom stereocenters. The average Bonchev–Trinajstić information content (AvgIpc) is 2.02. The van der Waals surface area contributed by atoms with Crippen molar-refractivity contribution < 1.29 is 0 Å². The fourth-order valence-electron chi connectivity index (χ4n) is 1.79. The van der Waals surface area contributed by atoms with Crippen LogP contribution in [-0.4, -0.2) is 13.1 Å². The molecule has 0 aromatic carbocycles. The van der Waals surface area contributed by atoms with Crippen molar-refractivity contribution >= 4 is 0 Å². The molecule has 1 atom stereocenters. The SMILES string of the molecule is CCNCC1CC/C=C\CCC1. The van der Waals surface area contributed by atoms with E-state index in [1.807, 2.05) is 0 Å². The summed E-state index contributed by atoms with van der Waals surface area (Å²) < 4.78 is 0. The lowest BCUT2D eigenvalue weighted by atomic mass is 9.94. The summed E-state index contributed by atoms with van der Waals surface area (Å²) in [5.74, 6) is 0.926. The molecule has 1 nitrogen and oxygen atoms in total. The zero-order valence-corrected chi connectivity index (χ0v) is 8.18. The predicted octanol–water partition coefficient (Wildman–Crippen LogP) is 2.73. The van der Waals surface area contributed by atoms with Crippen LogP contribution in [0.4, 0.5) is 0 Å². The Morgan fingerprint density at radius 3 is 2.92 bits per heavy atom. The molecule has 0 amide bonds. The highest BCUT2D eigenvalue weighted by Crippen LogP contribution is 2.17.